The summed E-state index contributed by atoms with van der Waals surface area (Å²) in [6.45, 7) is 3.35. The Kier molecular flexibility index (Phi) is 4.30. The van der Waals surface area contributed by atoms with Gasteiger partial charge in [-0.3, -0.25) is 4.79 Å². The van der Waals surface area contributed by atoms with Gasteiger partial charge >= 0.3 is 5.91 Å². The molecule has 0 aliphatic heterocycles. The van der Waals surface area contributed by atoms with Crippen molar-refractivity contribution in [3.63, 3.8) is 0 Å². The van der Waals surface area contributed by atoms with Crippen LogP contribution in [0.2, 0.25) is 0 Å². The summed E-state index contributed by atoms with van der Waals surface area (Å²) in [5.74, 6) is 0.535. The molecule has 0 radical (unpaired) electrons. The van der Waals surface area contributed by atoms with E-state index < -0.39 is 0 Å². The van der Waals surface area contributed by atoms with Crippen LogP contribution in [0.15, 0.2) is 10.6 Å². The number of nitrogens with one attached hydrogen (secondary N) is 1. The molecule has 0 bridgehead atoms. The van der Waals surface area contributed by atoms with Crippen LogP contribution >= 0.6 is 0 Å². The van der Waals surface area contributed by atoms with Crippen molar-refractivity contribution in [1.82, 2.24) is 15.2 Å². The van der Waals surface area contributed by atoms with Gasteiger partial charge in [0, 0.05) is 6.54 Å². The molecule has 1 N–H and O–H groups in total. The molecule has 0 spiro atoms. The molecule has 1 heterocycles. The number of aromatic nitrogens is 1. The lowest BCUT2D eigenvalue weighted by Crippen LogP contribution is -2.27. The second-order valence-corrected chi connectivity index (χ2v) is 3.69. The van der Waals surface area contributed by atoms with Crippen LogP contribution in [-0.2, 0) is 0 Å². The minimum Gasteiger partial charge on any atom is -0.438 e. The van der Waals surface area contributed by atoms with Crippen LogP contribution in [0.5, 0.6) is 0 Å². The summed E-state index contributed by atoms with van der Waals surface area (Å²) in [6, 6.07) is 0. The van der Waals surface area contributed by atoms with Crippen LogP contribution in [0.1, 0.15) is 22.9 Å². The maximum Gasteiger partial charge on any atom is 0.307 e. The first-order valence-electron chi connectivity index (χ1n) is 4.95. The molecular formula is C10H17N3O2. The first-order chi connectivity index (χ1) is 7.09. The van der Waals surface area contributed by atoms with Crippen molar-refractivity contribution in [2.24, 2.45) is 0 Å². The fourth-order valence-electron chi connectivity index (χ4n) is 1.13. The number of aryl methyl sites for hydroxylation is 1. The van der Waals surface area contributed by atoms with Crippen molar-refractivity contribution in [1.29, 1.82) is 0 Å². The molecule has 0 unspecified atom stereocenters. The van der Waals surface area contributed by atoms with Gasteiger partial charge in [-0.05, 0) is 34.0 Å². The smallest absolute Gasteiger partial charge is 0.307 e. The fraction of sp³-hybridized carbons (Fsp3) is 0.600. The number of amides is 1. The van der Waals surface area contributed by atoms with Gasteiger partial charge < -0.3 is 14.6 Å². The van der Waals surface area contributed by atoms with Crippen molar-refractivity contribution < 1.29 is 9.21 Å². The van der Waals surface area contributed by atoms with Gasteiger partial charge in [0.25, 0.3) is 5.89 Å². The van der Waals surface area contributed by atoms with Gasteiger partial charge in [0.2, 0.25) is 0 Å². The highest BCUT2D eigenvalue weighted by molar-refractivity contribution is 5.89. The van der Waals surface area contributed by atoms with E-state index in [4.69, 9.17) is 4.42 Å². The Hall–Kier alpha value is -1.36. The van der Waals surface area contributed by atoms with Crippen molar-refractivity contribution in [2.75, 3.05) is 27.2 Å². The van der Waals surface area contributed by atoms with Gasteiger partial charge in [-0.2, -0.15) is 0 Å². The SMILES string of the molecule is Cc1cnc(C(=O)NCCCN(C)C)o1. The van der Waals surface area contributed by atoms with Crippen LogP contribution in [0.25, 0.3) is 0 Å². The molecule has 1 aromatic rings. The summed E-state index contributed by atoms with van der Waals surface area (Å²) in [6.07, 6.45) is 2.45. The summed E-state index contributed by atoms with van der Waals surface area (Å²) >= 11 is 0. The molecule has 0 atom stereocenters. The molecule has 84 valence electrons. The Labute approximate surface area is 89.5 Å². The molecule has 0 fully saturated rings. The van der Waals surface area contributed by atoms with Gasteiger partial charge in [0.05, 0.1) is 6.20 Å². The highest BCUT2D eigenvalue weighted by Crippen LogP contribution is 2.00. The average Bonchev–Trinajstić information content (AvgIpc) is 2.59. The van der Waals surface area contributed by atoms with Crippen LogP contribution in [-0.4, -0.2) is 43.0 Å². The molecule has 0 aliphatic rings. The monoisotopic (exact) mass is 211 g/mol. The Morgan fingerprint density at radius 2 is 2.33 bits per heavy atom. The average molecular weight is 211 g/mol. The standard InChI is InChI=1S/C10H17N3O2/c1-8-7-12-10(15-8)9(14)11-5-4-6-13(2)3/h7H,4-6H2,1-3H3,(H,11,14). The Bertz CT molecular complexity index is 320. The van der Waals surface area contributed by atoms with Crippen LogP contribution in [0, 0.1) is 6.92 Å². The van der Waals surface area contributed by atoms with Crippen molar-refractivity contribution in [2.45, 2.75) is 13.3 Å². The molecule has 5 heteroatoms. The third kappa shape index (κ3) is 4.12. The number of carbonyl (C=O) groups is 1. The van der Waals surface area contributed by atoms with E-state index >= 15 is 0 Å². The van der Waals surface area contributed by atoms with Crippen LogP contribution < -0.4 is 5.32 Å². The minimum absolute atomic E-state index is 0.136. The minimum atomic E-state index is -0.248. The van der Waals surface area contributed by atoms with E-state index in [0.717, 1.165) is 13.0 Å². The number of hydrogen-bond acceptors (Lipinski definition) is 4. The third-order valence-corrected chi connectivity index (χ3v) is 1.88. The van der Waals surface area contributed by atoms with Crippen LogP contribution in [0.3, 0.4) is 0 Å². The Morgan fingerprint density at radius 3 is 2.87 bits per heavy atom. The lowest BCUT2D eigenvalue weighted by molar-refractivity contribution is 0.0916. The lowest BCUT2D eigenvalue weighted by Gasteiger charge is -2.08. The van der Waals surface area contributed by atoms with Gasteiger partial charge in [0.1, 0.15) is 5.76 Å². The largest absolute Gasteiger partial charge is 0.438 e. The third-order valence-electron chi connectivity index (χ3n) is 1.88. The molecule has 0 aliphatic carbocycles. The molecule has 1 rings (SSSR count). The maximum atomic E-state index is 11.4. The quantitative estimate of drug-likeness (QED) is 0.727. The lowest BCUT2D eigenvalue weighted by atomic mass is 10.4. The van der Waals surface area contributed by atoms with E-state index in [1.54, 1.807) is 6.92 Å². The summed E-state index contributed by atoms with van der Waals surface area (Å²) in [5, 5.41) is 2.75. The summed E-state index contributed by atoms with van der Waals surface area (Å²) in [4.78, 5) is 17.3. The molecule has 0 saturated carbocycles. The molecule has 5 nitrogen and oxygen atoms in total. The number of nitrogens with zero attached hydrogens (tertiary/aromatic N) is 2. The number of rotatable bonds is 5. The second-order valence-electron chi connectivity index (χ2n) is 3.69. The summed E-state index contributed by atoms with van der Waals surface area (Å²) in [7, 11) is 4.00. The predicted octanol–water partition coefficient (Wildman–Crippen LogP) is 0.665. The normalized spacial score (nSPS) is 10.7. The first-order valence-corrected chi connectivity index (χ1v) is 4.95. The van der Waals surface area contributed by atoms with Crippen molar-refractivity contribution in [3.05, 3.63) is 17.8 Å². The van der Waals surface area contributed by atoms with Gasteiger partial charge in [-0.1, -0.05) is 0 Å². The van der Waals surface area contributed by atoms with Gasteiger partial charge in [-0.15, -0.1) is 0 Å². The van der Waals surface area contributed by atoms with Crippen molar-refractivity contribution >= 4 is 5.91 Å². The van der Waals surface area contributed by atoms with E-state index in [1.165, 1.54) is 6.20 Å². The topological polar surface area (TPSA) is 58.4 Å². The van der Waals surface area contributed by atoms with E-state index in [0.29, 0.717) is 12.3 Å². The zero-order chi connectivity index (χ0) is 11.3. The number of oxazole rings is 1. The van der Waals surface area contributed by atoms with Gasteiger partial charge in [-0.25, -0.2) is 4.98 Å². The highest BCUT2D eigenvalue weighted by atomic mass is 16.4. The van der Waals surface area contributed by atoms with E-state index in [2.05, 4.69) is 15.2 Å². The molecule has 15 heavy (non-hydrogen) atoms. The Balaban J connectivity index is 2.25. The Morgan fingerprint density at radius 1 is 1.60 bits per heavy atom. The van der Waals surface area contributed by atoms with Crippen LogP contribution in [0.4, 0.5) is 0 Å². The zero-order valence-corrected chi connectivity index (χ0v) is 9.41. The zero-order valence-electron chi connectivity index (χ0n) is 9.41. The molecule has 1 aromatic heterocycles. The molecular weight excluding hydrogens is 194 g/mol. The van der Waals surface area contributed by atoms with Crippen molar-refractivity contribution in [3.8, 4) is 0 Å². The number of hydrogen-bond donors (Lipinski definition) is 1. The predicted molar refractivity (Wildman–Crippen MR) is 56.7 cm³/mol. The highest BCUT2D eigenvalue weighted by Gasteiger charge is 2.10. The summed E-state index contributed by atoms with van der Waals surface area (Å²) < 4.78 is 5.09. The van der Waals surface area contributed by atoms with E-state index in [-0.39, 0.29) is 11.8 Å². The second kappa shape index (κ2) is 5.50. The van der Waals surface area contributed by atoms with E-state index in [1.807, 2.05) is 14.1 Å². The van der Waals surface area contributed by atoms with Gasteiger partial charge in [0.15, 0.2) is 0 Å². The van der Waals surface area contributed by atoms with E-state index in [9.17, 15) is 4.79 Å². The first kappa shape index (κ1) is 11.7. The number of carbonyl (C=O) groups excluding carboxylic acids is 1. The molecule has 1 amide bonds. The molecule has 0 aromatic carbocycles. The maximum absolute atomic E-state index is 11.4. The molecule has 0 saturated heterocycles. The summed E-state index contributed by atoms with van der Waals surface area (Å²) in [5.41, 5.74) is 0. The fourth-order valence-corrected chi connectivity index (χ4v) is 1.13.